The maximum atomic E-state index is 11.0. The zero-order chi connectivity index (χ0) is 17.3. The van der Waals surface area contributed by atoms with Gasteiger partial charge in [0.15, 0.2) is 0 Å². The molecule has 0 bridgehead atoms. The van der Waals surface area contributed by atoms with Crippen LogP contribution in [0.25, 0.3) is 22.7 Å². The number of H-pyrrole nitrogens is 1. The van der Waals surface area contributed by atoms with Crippen LogP contribution in [0.1, 0.15) is 17.0 Å². The Morgan fingerprint density at radius 1 is 1.38 bits per heavy atom. The molecule has 0 radical (unpaired) electrons. The summed E-state index contributed by atoms with van der Waals surface area (Å²) in [6.45, 7) is 1.97. The molecule has 0 fully saturated rings. The van der Waals surface area contributed by atoms with Crippen molar-refractivity contribution in [1.82, 2.24) is 9.97 Å². The number of aryl methyl sites for hydroxylation is 1. The van der Waals surface area contributed by atoms with Crippen molar-refractivity contribution in [3.05, 3.63) is 68.5 Å². The van der Waals surface area contributed by atoms with Crippen LogP contribution in [-0.4, -0.2) is 14.9 Å². The van der Waals surface area contributed by atoms with Crippen molar-refractivity contribution in [3.63, 3.8) is 0 Å². The van der Waals surface area contributed by atoms with Crippen molar-refractivity contribution >= 4 is 40.0 Å². The molecule has 0 saturated carbocycles. The molecule has 118 valence electrons. The fourth-order valence-corrected chi connectivity index (χ4v) is 2.52. The van der Waals surface area contributed by atoms with Crippen LogP contribution in [0.3, 0.4) is 0 Å². The van der Waals surface area contributed by atoms with E-state index in [1.807, 2.05) is 25.1 Å². The molecule has 1 heterocycles. The van der Waals surface area contributed by atoms with Gasteiger partial charge in [0, 0.05) is 6.07 Å². The standard InChI is InChI=1S/C17H11ClN4O2/c1-10-2-5-14-15(6-10)21-17(20-14)12(9-19)7-11-3-4-13(18)16(8-11)22(23)24/h2-8H,1H3,(H,20,21). The minimum absolute atomic E-state index is 0.0508. The van der Waals surface area contributed by atoms with Gasteiger partial charge < -0.3 is 4.98 Å². The van der Waals surface area contributed by atoms with Gasteiger partial charge in [0.2, 0.25) is 0 Å². The number of benzene rings is 2. The number of imidazole rings is 1. The van der Waals surface area contributed by atoms with E-state index >= 15 is 0 Å². The van der Waals surface area contributed by atoms with Gasteiger partial charge in [-0.05, 0) is 42.3 Å². The molecule has 0 saturated heterocycles. The van der Waals surface area contributed by atoms with Crippen LogP contribution < -0.4 is 0 Å². The number of rotatable bonds is 3. The number of nitrogens with one attached hydrogen (secondary N) is 1. The highest BCUT2D eigenvalue weighted by Crippen LogP contribution is 2.27. The summed E-state index contributed by atoms with van der Waals surface area (Å²) in [5.41, 5.74) is 3.23. The summed E-state index contributed by atoms with van der Waals surface area (Å²) in [5, 5.41) is 20.4. The van der Waals surface area contributed by atoms with Crippen LogP contribution in [-0.2, 0) is 0 Å². The predicted octanol–water partition coefficient (Wildman–Crippen LogP) is 4.50. The zero-order valence-corrected chi connectivity index (χ0v) is 13.3. The monoisotopic (exact) mass is 338 g/mol. The Kier molecular flexibility index (Phi) is 4.02. The fourth-order valence-electron chi connectivity index (χ4n) is 2.33. The van der Waals surface area contributed by atoms with Gasteiger partial charge in [-0.25, -0.2) is 4.98 Å². The smallest absolute Gasteiger partial charge is 0.288 e. The highest BCUT2D eigenvalue weighted by molar-refractivity contribution is 6.32. The highest BCUT2D eigenvalue weighted by Gasteiger charge is 2.13. The number of nitro groups is 1. The second-order valence-electron chi connectivity index (χ2n) is 5.24. The summed E-state index contributed by atoms with van der Waals surface area (Å²) in [6.07, 6.45) is 1.54. The molecule has 24 heavy (non-hydrogen) atoms. The topological polar surface area (TPSA) is 95.6 Å². The van der Waals surface area contributed by atoms with E-state index in [4.69, 9.17) is 11.6 Å². The van der Waals surface area contributed by atoms with Gasteiger partial charge >= 0.3 is 0 Å². The number of fused-ring (bicyclic) bond motifs is 1. The quantitative estimate of drug-likeness (QED) is 0.432. The maximum Gasteiger partial charge on any atom is 0.288 e. The van der Waals surface area contributed by atoms with E-state index in [0.29, 0.717) is 11.4 Å². The molecule has 3 aromatic rings. The van der Waals surface area contributed by atoms with Gasteiger partial charge in [0.1, 0.15) is 16.9 Å². The third kappa shape index (κ3) is 2.98. The number of allylic oxidation sites excluding steroid dienone is 1. The summed E-state index contributed by atoms with van der Waals surface area (Å²) >= 11 is 5.80. The van der Waals surface area contributed by atoms with Crippen molar-refractivity contribution in [2.75, 3.05) is 0 Å². The predicted molar refractivity (Wildman–Crippen MR) is 92.4 cm³/mol. The van der Waals surface area contributed by atoms with Crippen LogP contribution >= 0.6 is 11.6 Å². The second kappa shape index (κ2) is 6.14. The molecule has 0 spiro atoms. The Bertz CT molecular complexity index is 1030. The maximum absolute atomic E-state index is 11.0. The van der Waals surface area contributed by atoms with Crippen molar-refractivity contribution in [1.29, 1.82) is 5.26 Å². The first kappa shape index (κ1) is 15.7. The van der Waals surface area contributed by atoms with Gasteiger partial charge in [-0.3, -0.25) is 10.1 Å². The number of hydrogen-bond acceptors (Lipinski definition) is 4. The van der Waals surface area contributed by atoms with Crippen molar-refractivity contribution < 1.29 is 4.92 Å². The lowest BCUT2D eigenvalue weighted by atomic mass is 10.1. The van der Waals surface area contributed by atoms with Gasteiger partial charge in [-0.1, -0.05) is 23.7 Å². The average Bonchev–Trinajstić information content (AvgIpc) is 2.96. The summed E-state index contributed by atoms with van der Waals surface area (Å²) in [4.78, 5) is 17.9. The molecule has 3 rings (SSSR count). The summed E-state index contributed by atoms with van der Waals surface area (Å²) in [6, 6.07) is 12.2. The number of halogens is 1. The first-order valence-corrected chi connectivity index (χ1v) is 7.38. The number of nitro benzene ring substituents is 1. The van der Waals surface area contributed by atoms with Gasteiger partial charge in [-0.2, -0.15) is 5.26 Å². The highest BCUT2D eigenvalue weighted by atomic mass is 35.5. The van der Waals surface area contributed by atoms with E-state index < -0.39 is 4.92 Å². The zero-order valence-electron chi connectivity index (χ0n) is 12.6. The Morgan fingerprint density at radius 3 is 2.88 bits per heavy atom. The molecule has 0 atom stereocenters. The first-order chi connectivity index (χ1) is 11.5. The Labute approximate surface area is 142 Å². The van der Waals surface area contributed by atoms with Gasteiger partial charge in [0.25, 0.3) is 5.69 Å². The van der Waals surface area contributed by atoms with Crippen molar-refractivity contribution in [3.8, 4) is 6.07 Å². The van der Waals surface area contributed by atoms with Crippen molar-refractivity contribution in [2.24, 2.45) is 0 Å². The molecular formula is C17H11ClN4O2. The largest absolute Gasteiger partial charge is 0.337 e. The number of hydrogen-bond donors (Lipinski definition) is 1. The average molecular weight is 339 g/mol. The normalized spacial score (nSPS) is 11.5. The molecule has 0 amide bonds. The molecule has 0 unspecified atom stereocenters. The van der Waals surface area contributed by atoms with Crippen LogP contribution in [0.2, 0.25) is 5.02 Å². The molecule has 7 heteroatoms. The number of nitriles is 1. The van der Waals surface area contributed by atoms with E-state index in [2.05, 4.69) is 16.0 Å². The SMILES string of the molecule is Cc1ccc2nc(C(C#N)=Cc3ccc(Cl)c([N+](=O)[O-])c3)[nH]c2c1. The third-order valence-corrected chi connectivity index (χ3v) is 3.81. The number of aromatic nitrogens is 2. The molecule has 6 nitrogen and oxygen atoms in total. The van der Waals surface area contributed by atoms with E-state index in [1.54, 1.807) is 6.07 Å². The molecule has 0 aliphatic rings. The second-order valence-corrected chi connectivity index (χ2v) is 5.65. The van der Waals surface area contributed by atoms with Gasteiger partial charge in [0.05, 0.1) is 21.5 Å². The van der Waals surface area contributed by atoms with Crippen molar-refractivity contribution in [2.45, 2.75) is 6.92 Å². The molecule has 1 N–H and O–H groups in total. The molecular weight excluding hydrogens is 328 g/mol. The summed E-state index contributed by atoms with van der Waals surface area (Å²) in [7, 11) is 0. The lowest BCUT2D eigenvalue weighted by molar-refractivity contribution is -0.384. The molecule has 0 aliphatic carbocycles. The summed E-state index contributed by atoms with van der Waals surface area (Å²) < 4.78 is 0. The van der Waals surface area contributed by atoms with Crippen LogP contribution in [0.5, 0.6) is 0 Å². The van der Waals surface area contributed by atoms with E-state index in [9.17, 15) is 15.4 Å². The first-order valence-electron chi connectivity index (χ1n) is 7.00. The molecule has 0 aliphatic heterocycles. The molecule has 2 aromatic carbocycles. The van der Waals surface area contributed by atoms with Crippen LogP contribution in [0.15, 0.2) is 36.4 Å². The number of nitrogens with zero attached hydrogens (tertiary/aromatic N) is 3. The Morgan fingerprint density at radius 2 is 2.17 bits per heavy atom. The summed E-state index contributed by atoms with van der Waals surface area (Å²) in [5.74, 6) is 0.413. The minimum atomic E-state index is -0.560. The van der Waals surface area contributed by atoms with E-state index in [-0.39, 0.29) is 16.3 Å². The minimum Gasteiger partial charge on any atom is -0.337 e. The number of aromatic amines is 1. The lowest BCUT2D eigenvalue weighted by Crippen LogP contribution is -1.90. The van der Waals surface area contributed by atoms with Crippen LogP contribution in [0.4, 0.5) is 5.69 Å². The third-order valence-electron chi connectivity index (χ3n) is 3.49. The van der Waals surface area contributed by atoms with Gasteiger partial charge in [-0.15, -0.1) is 0 Å². The van der Waals surface area contributed by atoms with E-state index in [0.717, 1.165) is 16.6 Å². The van der Waals surface area contributed by atoms with Crippen LogP contribution in [0, 0.1) is 28.4 Å². The Hall–Kier alpha value is -3.17. The Balaban J connectivity index is 2.07. The van der Waals surface area contributed by atoms with E-state index in [1.165, 1.54) is 18.2 Å². The molecule has 1 aromatic heterocycles. The lowest BCUT2D eigenvalue weighted by Gasteiger charge is -1.98. The fraction of sp³-hybridized carbons (Fsp3) is 0.0588.